The summed E-state index contributed by atoms with van der Waals surface area (Å²) in [5, 5.41) is 0. The van der Waals surface area contributed by atoms with E-state index in [1.54, 1.807) is 0 Å². The highest BCUT2D eigenvalue weighted by atomic mass is 35.5. The number of likely N-dealkylation sites (tertiary alicyclic amines) is 1. The summed E-state index contributed by atoms with van der Waals surface area (Å²) in [5.74, 6) is 0.545. The third-order valence-corrected chi connectivity index (χ3v) is 4.10. The smallest absolute Gasteiger partial charge is 0.253 e. The van der Waals surface area contributed by atoms with Crippen LogP contribution in [0, 0.1) is 5.92 Å². The Morgan fingerprint density at radius 1 is 1.43 bits per heavy atom. The largest absolute Gasteiger partial charge is 0.378 e. The Labute approximate surface area is 133 Å². The number of piperidine rings is 1. The van der Waals surface area contributed by atoms with Crippen LogP contribution in [0.4, 0.5) is 5.69 Å². The Hall–Kier alpha value is -1.26. The number of hydrogen-bond acceptors (Lipinski definition) is 3. The van der Waals surface area contributed by atoms with Crippen LogP contribution >= 0.6 is 12.4 Å². The zero-order chi connectivity index (χ0) is 14.7. The summed E-state index contributed by atoms with van der Waals surface area (Å²) in [6, 6.07) is 7.95. The molecule has 1 aliphatic heterocycles. The molecule has 1 aromatic carbocycles. The molecule has 0 radical (unpaired) electrons. The highest BCUT2D eigenvalue weighted by molar-refractivity contribution is 5.95. The van der Waals surface area contributed by atoms with Gasteiger partial charge in [0.15, 0.2) is 0 Å². The van der Waals surface area contributed by atoms with Crippen molar-refractivity contribution < 1.29 is 4.79 Å². The van der Waals surface area contributed by atoms with E-state index in [0.717, 1.165) is 37.2 Å². The van der Waals surface area contributed by atoms with Gasteiger partial charge in [-0.1, -0.05) is 6.07 Å². The maximum atomic E-state index is 12.6. The standard InChI is InChI=1S/C16H25N3O.ClH/c1-12(17)14-7-5-9-19(11-14)16(20)13-6-4-8-15(10-13)18(2)3;/h4,6,8,10,12,14H,5,7,9,11,17H2,1-3H3;1H. The van der Waals surface area contributed by atoms with Gasteiger partial charge in [0.25, 0.3) is 5.91 Å². The third-order valence-electron chi connectivity index (χ3n) is 4.10. The number of anilines is 1. The summed E-state index contributed by atoms with van der Waals surface area (Å²) in [6.45, 7) is 3.66. The van der Waals surface area contributed by atoms with Crippen LogP contribution in [0.15, 0.2) is 24.3 Å². The van der Waals surface area contributed by atoms with Crippen LogP contribution in [0.1, 0.15) is 30.1 Å². The summed E-state index contributed by atoms with van der Waals surface area (Å²) in [4.78, 5) is 16.6. The molecule has 4 nitrogen and oxygen atoms in total. The van der Waals surface area contributed by atoms with Crippen molar-refractivity contribution in [1.29, 1.82) is 0 Å². The van der Waals surface area contributed by atoms with Crippen molar-refractivity contribution in [3.05, 3.63) is 29.8 Å². The zero-order valence-electron chi connectivity index (χ0n) is 13.1. The fraction of sp³-hybridized carbons (Fsp3) is 0.562. The van der Waals surface area contributed by atoms with Crippen molar-refractivity contribution in [1.82, 2.24) is 4.90 Å². The van der Waals surface area contributed by atoms with Crippen LogP contribution in [-0.2, 0) is 0 Å². The molecule has 0 bridgehead atoms. The summed E-state index contributed by atoms with van der Waals surface area (Å²) < 4.78 is 0. The number of benzene rings is 1. The van der Waals surface area contributed by atoms with E-state index < -0.39 is 0 Å². The first-order chi connectivity index (χ1) is 9.49. The lowest BCUT2D eigenvalue weighted by Crippen LogP contribution is -2.45. The first-order valence-electron chi connectivity index (χ1n) is 7.31. The minimum Gasteiger partial charge on any atom is -0.378 e. The first-order valence-corrected chi connectivity index (χ1v) is 7.31. The SMILES string of the molecule is CC(N)C1CCCN(C(=O)c2cccc(N(C)C)c2)C1.Cl. The molecule has 118 valence electrons. The number of nitrogens with two attached hydrogens (primary N) is 1. The van der Waals surface area contributed by atoms with E-state index in [1.165, 1.54) is 0 Å². The van der Waals surface area contributed by atoms with E-state index in [2.05, 4.69) is 0 Å². The van der Waals surface area contributed by atoms with Gasteiger partial charge >= 0.3 is 0 Å². The molecule has 2 rings (SSSR count). The van der Waals surface area contributed by atoms with Crippen LogP contribution in [0.25, 0.3) is 0 Å². The van der Waals surface area contributed by atoms with E-state index in [9.17, 15) is 4.79 Å². The second-order valence-corrected chi connectivity index (χ2v) is 5.96. The van der Waals surface area contributed by atoms with E-state index in [-0.39, 0.29) is 24.4 Å². The number of halogens is 1. The summed E-state index contributed by atoms with van der Waals surface area (Å²) >= 11 is 0. The Kier molecular flexibility index (Phi) is 6.49. The summed E-state index contributed by atoms with van der Waals surface area (Å²) in [7, 11) is 3.97. The predicted octanol–water partition coefficient (Wildman–Crippen LogP) is 2.37. The maximum absolute atomic E-state index is 12.6. The van der Waals surface area contributed by atoms with Gasteiger partial charge in [-0.05, 0) is 43.9 Å². The Balaban J connectivity index is 0.00000220. The number of nitrogens with zero attached hydrogens (tertiary/aromatic N) is 2. The number of hydrogen-bond donors (Lipinski definition) is 1. The first kappa shape index (κ1) is 17.8. The van der Waals surface area contributed by atoms with Crippen molar-refractivity contribution in [2.45, 2.75) is 25.8 Å². The van der Waals surface area contributed by atoms with Crippen molar-refractivity contribution in [2.24, 2.45) is 11.7 Å². The minimum absolute atomic E-state index is 0. The van der Waals surface area contributed by atoms with Gasteiger partial charge < -0.3 is 15.5 Å². The minimum atomic E-state index is 0. The summed E-state index contributed by atoms with van der Waals surface area (Å²) in [5.41, 5.74) is 7.81. The van der Waals surface area contributed by atoms with Crippen molar-refractivity contribution in [3.63, 3.8) is 0 Å². The second kappa shape index (κ2) is 7.66. The fourth-order valence-electron chi connectivity index (χ4n) is 2.72. The second-order valence-electron chi connectivity index (χ2n) is 5.96. The van der Waals surface area contributed by atoms with Crippen molar-refractivity contribution in [2.75, 3.05) is 32.1 Å². The fourth-order valence-corrected chi connectivity index (χ4v) is 2.72. The Bertz CT molecular complexity index is 476. The number of amides is 1. The highest BCUT2D eigenvalue weighted by Gasteiger charge is 2.26. The van der Waals surface area contributed by atoms with E-state index >= 15 is 0 Å². The van der Waals surface area contributed by atoms with Gasteiger partial charge in [0, 0.05) is 44.5 Å². The highest BCUT2D eigenvalue weighted by Crippen LogP contribution is 2.22. The van der Waals surface area contributed by atoms with Crippen LogP contribution in [-0.4, -0.2) is 44.0 Å². The Morgan fingerprint density at radius 3 is 2.76 bits per heavy atom. The van der Waals surface area contributed by atoms with Gasteiger partial charge in [0.2, 0.25) is 0 Å². The molecule has 0 aliphatic carbocycles. The van der Waals surface area contributed by atoms with Gasteiger partial charge in [-0.25, -0.2) is 0 Å². The molecule has 1 aromatic rings. The molecule has 1 fully saturated rings. The van der Waals surface area contributed by atoms with Gasteiger partial charge in [-0.2, -0.15) is 0 Å². The van der Waals surface area contributed by atoms with Crippen LogP contribution < -0.4 is 10.6 Å². The maximum Gasteiger partial charge on any atom is 0.253 e. The molecule has 2 N–H and O–H groups in total. The molecule has 0 aromatic heterocycles. The molecular formula is C16H26ClN3O. The number of rotatable bonds is 3. The molecular weight excluding hydrogens is 286 g/mol. The Morgan fingerprint density at radius 2 is 2.14 bits per heavy atom. The van der Waals surface area contributed by atoms with Gasteiger partial charge in [-0.3, -0.25) is 4.79 Å². The normalized spacial score (nSPS) is 19.6. The lowest BCUT2D eigenvalue weighted by molar-refractivity contribution is 0.0661. The number of carbonyl (C=O) groups excluding carboxylic acids is 1. The third kappa shape index (κ3) is 4.35. The summed E-state index contributed by atoms with van der Waals surface area (Å²) in [6.07, 6.45) is 2.17. The average Bonchev–Trinajstić information content (AvgIpc) is 2.46. The molecule has 0 saturated carbocycles. The zero-order valence-corrected chi connectivity index (χ0v) is 13.9. The van der Waals surface area contributed by atoms with Crippen LogP contribution in [0.3, 0.4) is 0 Å². The quantitative estimate of drug-likeness (QED) is 0.932. The van der Waals surface area contributed by atoms with E-state index in [1.807, 2.05) is 55.1 Å². The molecule has 1 amide bonds. The molecule has 2 unspecified atom stereocenters. The molecule has 0 spiro atoms. The topological polar surface area (TPSA) is 49.6 Å². The average molecular weight is 312 g/mol. The monoisotopic (exact) mass is 311 g/mol. The molecule has 2 atom stereocenters. The molecule has 1 heterocycles. The van der Waals surface area contributed by atoms with Crippen LogP contribution in [0.5, 0.6) is 0 Å². The van der Waals surface area contributed by atoms with E-state index in [0.29, 0.717) is 5.92 Å². The van der Waals surface area contributed by atoms with Gasteiger partial charge in [-0.15, -0.1) is 12.4 Å². The lowest BCUT2D eigenvalue weighted by atomic mass is 9.92. The molecule has 1 saturated heterocycles. The molecule has 21 heavy (non-hydrogen) atoms. The number of carbonyl (C=O) groups is 1. The molecule has 5 heteroatoms. The lowest BCUT2D eigenvalue weighted by Gasteiger charge is -2.34. The van der Waals surface area contributed by atoms with Gasteiger partial charge in [0.05, 0.1) is 0 Å². The van der Waals surface area contributed by atoms with Crippen molar-refractivity contribution >= 4 is 24.0 Å². The predicted molar refractivity (Wildman–Crippen MR) is 90.3 cm³/mol. The van der Waals surface area contributed by atoms with Gasteiger partial charge in [0.1, 0.15) is 0 Å². The van der Waals surface area contributed by atoms with Crippen molar-refractivity contribution in [3.8, 4) is 0 Å². The molecule has 1 aliphatic rings. The van der Waals surface area contributed by atoms with E-state index in [4.69, 9.17) is 5.73 Å². The van der Waals surface area contributed by atoms with Crippen LogP contribution in [0.2, 0.25) is 0 Å².